The minimum Gasteiger partial charge on any atom is -0.490 e. The first-order valence-corrected chi connectivity index (χ1v) is 12.7. The van der Waals surface area contributed by atoms with Gasteiger partial charge in [0.2, 0.25) is 0 Å². The van der Waals surface area contributed by atoms with Gasteiger partial charge in [-0.2, -0.15) is 22.9 Å². The zero-order chi connectivity index (χ0) is 27.6. The fourth-order valence-electron chi connectivity index (χ4n) is 3.68. The van der Waals surface area contributed by atoms with Crippen molar-refractivity contribution < 1.29 is 22.6 Å². The molecule has 0 aliphatic rings. The molecule has 198 valence electrons. The highest BCUT2D eigenvalue weighted by Crippen LogP contribution is 2.43. The molecule has 11 heteroatoms. The summed E-state index contributed by atoms with van der Waals surface area (Å²) in [5.74, 6) is 0.669. The first-order chi connectivity index (χ1) is 18.0. The zero-order valence-electron chi connectivity index (χ0n) is 20.5. The van der Waals surface area contributed by atoms with Crippen molar-refractivity contribution in [3.63, 3.8) is 0 Å². The van der Waals surface area contributed by atoms with Gasteiger partial charge in [-0.05, 0) is 67.0 Å². The fourth-order valence-corrected chi connectivity index (χ4v) is 4.32. The van der Waals surface area contributed by atoms with Crippen molar-refractivity contribution in [2.75, 3.05) is 6.61 Å². The Hall–Kier alpha value is -3.37. The molecule has 0 saturated carbocycles. The highest BCUT2D eigenvalue weighted by atomic mass is 79.9. The Bertz CT molecular complexity index is 1590. The second-order valence-corrected chi connectivity index (χ2v) is 9.58. The van der Waals surface area contributed by atoms with Gasteiger partial charge in [0.05, 0.1) is 35.4 Å². The molecular weight excluding hydrogens is 587 g/mol. The third-order valence-electron chi connectivity index (χ3n) is 5.32. The van der Waals surface area contributed by atoms with E-state index in [2.05, 4.69) is 26.0 Å². The summed E-state index contributed by atoms with van der Waals surface area (Å²) in [6.45, 7) is 5.86. The maximum atomic E-state index is 13.4. The Morgan fingerprint density at radius 2 is 1.89 bits per heavy atom. The third kappa shape index (κ3) is 5.71. The summed E-state index contributed by atoms with van der Waals surface area (Å²) < 4.78 is 53.2. The van der Waals surface area contributed by atoms with Crippen molar-refractivity contribution in [2.24, 2.45) is 5.10 Å². The monoisotopic (exact) mass is 607 g/mol. The molecule has 0 amide bonds. The molecule has 0 saturated heterocycles. The highest BCUT2D eigenvalue weighted by Gasteiger charge is 2.31. The Morgan fingerprint density at radius 1 is 1.16 bits per heavy atom. The van der Waals surface area contributed by atoms with E-state index in [0.29, 0.717) is 33.7 Å². The lowest BCUT2D eigenvalue weighted by atomic mass is 10.1. The van der Waals surface area contributed by atoms with Crippen molar-refractivity contribution in [3.8, 4) is 22.9 Å². The second kappa shape index (κ2) is 11.2. The minimum absolute atomic E-state index is 0.0527. The minimum atomic E-state index is -4.57. The number of aromatic nitrogens is 2. The number of halogens is 5. The SMILES string of the molecule is CCOc1cc(C=Nn2c(-c3cccc(C(F)(F)F)c3)nc3ccccc3c2=O)c(Br)c(Cl)c1OC(C)C. The predicted octanol–water partition coefficient (Wildman–Crippen LogP) is 7.57. The summed E-state index contributed by atoms with van der Waals surface area (Å²) in [6, 6.07) is 12.8. The maximum Gasteiger partial charge on any atom is 0.416 e. The van der Waals surface area contributed by atoms with Gasteiger partial charge in [0, 0.05) is 15.6 Å². The molecule has 0 unspecified atom stereocenters. The normalized spacial score (nSPS) is 12.0. The standard InChI is InChI=1S/C27H22BrClF3N3O3/c1-4-37-21-13-17(22(28)23(29)24(21)38-15(2)3)14-33-35-25(16-8-7-9-18(12-16)27(30,31)32)34-20-11-6-5-10-19(20)26(35)36/h5-15H,4H2,1-3H3. The number of fused-ring (bicyclic) bond motifs is 1. The maximum absolute atomic E-state index is 13.4. The quantitative estimate of drug-likeness (QED) is 0.203. The molecule has 1 aromatic heterocycles. The van der Waals surface area contributed by atoms with Gasteiger partial charge in [-0.25, -0.2) is 4.98 Å². The van der Waals surface area contributed by atoms with Crippen LogP contribution in [0, 0.1) is 0 Å². The molecule has 0 aliphatic heterocycles. The topological polar surface area (TPSA) is 65.7 Å². The molecule has 0 radical (unpaired) electrons. The van der Waals surface area contributed by atoms with E-state index < -0.39 is 17.3 Å². The number of nitrogens with zero attached hydrogens (tertiary/aromatic N) is 3. The molecule has 0 fully saturated rings. The lowest BCUT2D eigenvalue weighted by Crippen LogP contribution is -2.20. The lowest BCUT2D eigenvalue weighted by molar-refractivity contribution is -0.137. The molecule has 0 atom stereocenters. The Kier molecular flexibility index (Phi) is 8.13. The Morgan fingerprint density at radius 3 is 2.58 bits per heavy atom. The summed E-state index contributed by atoms with van der Waals surface area (Å²) >= 11 is 10.0. The average molecular weight is 609 g/mol. The van der Waals surface area contributed by atoms with Crippen molar-refractivity contribution in [1.82, 2.24) is 9.66 Å². The van der Waals surface area contributed by atoms with Gasteiger partial charge in [0.15, 0.2) is 17.3 Å². The van der Waals surface area contributed by atoms with E-state index in [4.69, 9.17) is 21.1 Å². The van der Waals surface area contributed by atoms with Crippen LogP contribution in [0.15, 0.2) is 69.0 Å². The van der Waals surface area contributed by atoms with Crippen LogP contribution in [0.1, 0.15) is 31.9 Å². The van der Waals surface area contributed by atoms with Crippen molar-refractivity contribution >= 4 is 44.6 Å². The zero-order valence-corrected chi connectivity index (χ0v) is 22.9. The number of benzene rings is 3. The van der Waals surface area contributed by atoms with Crippen LogP contribution >= 0.6 is 27.5 Å². The second-order valence-electron chi connectivity index (χ2n) is 8.41. The third-order valence-corrected chi connectivity index (χ3v) is 6.77. The van der Waals surface area contributed by atoms with Gasteiger partial charge >= 0.3 is 6.18 Å². The van der Waals surface area contributed by atoms with E-state index >= 15 is 0 Å². The van der Waals surface area contributed by atoms with Gasteiger partial charge in [-0.1, -0.05) is 35.9 Å². The van der Waals surface area contributed by atoms with Gasteiger partial charge in [0.1, 0.15) is 5.02 Å². The first kappa shape index (κ1) is 27.7. The summed E-state index contributed by atoms with van der Waals surface area (Å²) in [4.78, 5) is 17.9. The van der Waals surface area contributed by atoms with Crippen molar-refractivity contribution in [2.45, 2.75) is 33.1 Å². The largest absolute Gasteiger partial charge is 0.490 e. The molecule has 4 aromatic rings. The van der Waals surface area contributed by atoms with Crippen LogP contribution < -0.4 is 15.0 Å². The molecule has 3 aromatic carbocycles. The number of para-hydroxylation sites is 1. The first-order valence-electron chi connectivity index (χ1n) is 11.6. The Labute approximate surface area is 229 Å². The van der Waals surface area contributed by atoms with Crippen LogP contribution in [-0.4, -0.2) is 28.6 Å². The van der Waals surface area contributed by atoms with E-state index in [0.717, 1.165) is 16.8 Å². The van der Waals surface area contributed by atoms with Gasteiger partial charge in [-0.15, -0.1) is 0 Å². The van der Waals surface area contributed by atoms with Crippen LogP contribution in [0.3, 0.4) is 0 Å². The molecule has 38 heavy (non-hydrogen) atoms. The number of hydrogen-bond acceptors (Lipinski definition) is 5. The molecular formula is C27H22BrClF3N3O3. The molecule has 0 aliphatic carbocycles. The van der Waals surface area contributed by atoms with Crippen LogP contribution in [0.4, 0.5) is 13.2 Å². The van der Waals surface area contributed by atoms with E-state index in [1.54, 1.807) is 30.3 Å². The summed E-state index contributed by atoms with van der Waals surface area (Å²) in [5, 5.41) is 4.84. The lowest BCUT2D eigenvalue weighted by Gasteiger charge is -2.18. The Balaban J connectivity index is 1.92. The molecule has 0 N–H and O–H groups in total. The molecule has 4 rings (SSSR count). The smallest absolute Gasteiger partial charge is 0.416 e. The van der Waals surface area contributed by atoms with Crippen LogP contribution in [0.25, 0.3) is 22.3 Å². The number of hydrogen-bond donors (Lipinski definition) is 0. The van der Waals surface area contributed by atoms with Crippen molar-refractivity contribution in [3.05, 3.63) is 85.6 Å². The molecule has 1 heterocycles. The molecule has 6 nitrogen and oxygen atoms in total. The van der Waals surface area contributed by atoms with Gasteiger partial charge in [-0.3, -0.25) is 4.79 Å². The highest BCUT2D eigenvalue weighted by molar-refractivity contribution is 9.10. The van der Waals surface area contributed by atoms with Crippen molar-refractivity contribution in [1.29, 1.82) is 0 Å². The number of ether oxygens (including phenoxy) is 2. The predicted molar refractivity (Wildman–Crippen MR) is 146 cm³/mol. The van der Waals surface area contributed by atoms with Gasteiger partial charge in [0.25, 0.3) is 5.56 Å². The van der Waals surface area contributed by atoms with Crippen LogP contribution in [0.5, 0.6) is 11.5 Å². The van der Waals surface area contributed by atoms with Crippen LogP contribution in [0.2, 0.25) is 5.02 Å². The summed E-state index contributed by atoms with van der Waals surface area (Å²) in [7, 11) is 0. The molecule has 0 bridgehead atoms. The van der Waals surface area contributed by atoms with E-state index in [1.165, 1.54) is 18.3 Å². The van der Waals surface area contributed by atoms with Gasteiger partial charge < -0.3 is 9.47 Å². The number of alkyl halides is 3. The average Bonchev–Trinajstić information content (AvgIpc) is 2.88. The summed E-state index contributed by atoms with van der Waals surface area (Å²) in [6.07, 6.45) is -3.39. The molecule has 0 spiro atoms. The van der Waals surface area contributed by atoms with E-state index in [-0.39, 0.29) is 27.9 Å². The fraction of sp³-hybridized carbons (Fsp3) is 0.222. The van der Waals surface area contributed by atoms with E-state index in [9.17, 15) is 18.0 Å². The van der Waals surface area contributed by atoms with E-state index in [1.807, 2.05) is 20.8 Å². The van der Waals surface area contributed by atoms with Crippen LogP contribution in [-0.2, 0) is 6.18 Å². The number of rotatable bonds is 7. The summed E-state index contributed by atoms with van der Waals surface area (Å²) in [5.41, 5.74) is -0.567.